The van der Waals surface area contributed by atoms with E-state index >= 15 is 0 Å². The van der Waals surface area contributed by atoms with Gasteiger partial charge in [-0.2, -0.15) is 5.10 Å². The van der Waals surface area contributed by atoms with E-state index in [2.05, 4.69) is 21.8 Å². The molecule has 0 spiro atoms. The normalized spacial score (nSPS) is 10.0. The molecule has 2 rings (SSSR count). The van der Waals surface area contributed by atoms with E-state index in [1.165, 1.54) is 0 Å². The molecule has 0 amide bonds. The summed E-state index contributed by atoms with van der Waals surface area (Å²) in [4.78, 5) is 0. The number of para-hydroxylation sites is 2. The standard InChI is InChI=1S/C17H15N3OS/c1-3-13-8-4-6-10-15(13)19-17(22)20-18-12-14-9-5-7-11-16(14)21-2/h1,4-12H,2H3,(H2,19,20,22)/b18-12+. The van der Waals surface area contributed by atoms with E-state index in [9.17, 15) is 0 Å². The molecule has 0 saturated carbocycles. The van der Waals surface area contributed by atoms with Crippen LogP contribution in [0.4, 0.5) is 5.69 Å². The van der Waals surface area contributed by atoms with Crippen molar-refractivity contribution in [3.63, 3.8) is 0 Å². The Labute approximate surface area is 135 Å². The lowest BCUT2D eigenvalue weighted by Gasteiger charge is -2.09. The topological polar surface area (TPSA) is 45.7 Å². The van der Waals surface area contributed by atoms with Crippen LogP contribution in [0.25, 0.3) is 0 Å². The number of benzene rings is 2. The van der Waals surface area contributed by atoms with E-state index in [0.717, 1.165) is 22.6 Å². The molecule has 22 heavy (non-hydrogen) atoms. The maximum Gasteiger partial charge on any atom is 0.191 e. The first kappa shape index (κ1) is 15.5. The molecular formula is C17H15N3OS. The number of anilines is 1. The van der Waals surface area contributed by atoms with Crippen molar-refractivity contribution in [1.29, 1.82) is 0 Å². The number of rotatable bonds is 4. The highest BCUT2D eigenvalue weighted by atomic mass is 32.1. The van der Waals surface area contributed by atoms with Crippen LogP contribution in [0, 0.1) is 12.3 Å². The molecule has 110 valence electrons. The Bertz CT molecular complexity index is 735. The Morgan fingerprint density at radius 1 is 1.23 bits per heavy atom. The monoisotopic (exact) mass is 309 g/mol. The zero-order chi connectivity index (χ0) is 15.8. The van der Waals surface area contributed by atoms with Gasteiger partial charge in [0.25, 0.3) is 0 Å². The molecule has 4 nitrogen and oxygen atoms in total. The van der Waals surface area contributed by atoms with E-state index in [1.807, 2.05) is 48.5 Å². The van der Waals surface area contributed by atoms with Crippen LogP contribution in [0.5, 0.6) is 5.75 Å². The van der Waals surface area contributed by atoms with Crippen LogP contribution in [0.3, 0.4) is 0 Å². The second kappa shape index (κ2) is 7.81. The summed E-state index contributed by atoms with van der Waals surface area (Å²) in [6.45, 7) is 0. The van der Waals surface area contributed by atoms with Crippen molar-refractivity contribution in [2.45, 2.75) is 0 Å². The fraction of sp³-hybridized carbons (Fsp3) is 0.0588. The smallest absolute Gasteiger partial charge is 0.191 e. The van der Waals surface area contributed by atoms with E-state index in [4.69, 9.17) is 23.4 Å². The minimum Gasteiger partial charge on any atom is -0.496 e. The Balaban J connectivity index is 1.98. The molecule has 0 bridgehead atoms. The molecule has 2 N–H and O–H groups in total. The summed E-state index contributed by atoms with van der Waals surface area (Å²) in [6, 6.07) is 15.0. The molecule has 0 aliphatic rings. The maximum atomic E-state index is 5.44. The molecule has 0 unspecified atom stereocenters. The van der Waals surface area contributed by atoms with E-state index in [0.29, 0.717) is 5.11 Å². The predicted octanol–water partition coefficient (Wildman–Crippen LogP) is 3.00. The highest BCUT2D eigenvalue weighted by molar-refractivity contribution is 7.80. The van der Waals surface area contributed by atoms with Crippen molar-refractivity contribution in [1.82, 2.24) is 5.43 Å². The third-order valence-electron chi connectivity index (χ3n) is 2.84. The third kappa shape index (κ3) is 4.08. The highest BCUT2D eigenvalue weighted by Crippen LogP contribution is 2.15. The van der Waals surface area contributed by atoms with Gasteiger partial charge < -0.3 is 10.1 Å². The quantitative estimate of drug-likeness (QED) is 0.394. The number of thiocarbonyl (C=S) groups is 1. The van der Waals surface area contributed by atoms with Crippen molar-refractivity contribution >= 4 is 29.2 Å². The third-order valence-corrected chi connectivity index (χ3v) is 3.03. The van der Waals surface area contributed by atoms with Crippen LogP contribution in [0.15, 0.2) is 53.6 Å². The number of methoxy groups -OCH3 is 1. The zero-order valence-electron chi connectivity index (χ0n) is 12.0. The summed E-state index contributed by atoms with van der Waals surface area (Å²) in [5.74, 6) is 3.33. The Hall–Kier alpha value is -2.84. The number of nitrogens with zero attached hydrogens (tertiary/aromatic N) is 1. The van der Waals surface area contributed by atoms with Crippen molar-refractivity contribution in [2.24, 2.45) is 5.10 Å². The van der Waals surface area contributed by atoms with Crippen LogP contribution >= 0.6 is 12.2 Å². The lowest BCUT2D eigenvalue weighted by Crippen LogP contribution is -2.24. The predicted molar refractivity (Wildman–Crippen MR) is 94.3 cm³/mol. The molecule has 2 aromatic rings. The molecule has 0 aromatic heterocycles. The lowest BCUT2D eigenvalue weighted by atomic mass is 10.2. The van der Waals surface area contributed by atoms with Crippen LogP contribution in [0.2, 0.25) is 0 Å². The first-order valence-electron chi connectivity index (χ1n) is 6.53. The molecule has 0 saturated heterocycles. The van der Waals surface area contributed by atoms with Gasteiger partial charge in [0.1, 0.15) is 5.75 Å². The van der Waals surface area contributed by atoms with Gasteiger partial charge in [0.05, 0.1) is 19.0 Å². The van der Waals surface area contributed by atoms with E-state index < -0.39 is 0 Å². The number of terminal acetylenes is 1. The summed E-state index contributed by atoms with van der Waals surface area (Å²) in [7, 11) is 1.61. The first-order valence-corrected chi connectivity index (χ1v) is 6.94. The summed E-state index contributed by atoms with van der Waals surface area (Å²) in [5, 5.41) is 7.46. The number of nitrogens with one attached hydrogen (secondary N) is 2. The molecule has 0 radical (unpaired) electrons. The minimum absolute atomic E-state index is 0.355. The van der Waals surface area contributed by atoms with Crippen molar-refractivity contribution in [3.05, 3.63) is 59.7 Å². The molecule has 5 heteroatoms. The summed E-state index contributed by atoms with van der Waals surface area (Å²) >= 11 is 5.18. The number of ether oxygens (including phenoxy) is 1. The average molecular weight is 309 g/mol. The average Bonchev–Trinajstić information content (AvgIpc) is 2.55. The molecule has 0 heterocycles. The second-order valence-corrected chi connectivity index (χ2v) is 4.66. The largest absolute Gasteiger partial charge is 0.496 e. The summed E-state index contributed by atoms with van der Waals surface area (Å²) in [6.07, 6.45) is 7.08. The van der Waals surface area contributed by atoms with Crippen molar-refractivity contribution in [2.75, 3.05) is 12.4 Å². The second-order valence-electron chi connectivity index (χ2n) is 4.26. The molecule has 0 atom stereocenters. The van der Waals surface area contributed by atoms with Crippen LogP contribution < -0.4 is 15.5 Å². The van der Waals surface area contributed by atoms with Gasteiger partial charge in [-0.05, 0) is 36.5 Å². The molecule has 0 aliphatic heterocycles. The van der Waals surface area contributed by atoms with Gasteiger partial charge >= 0.3 is 0 Å². The van der Waals surface area contributed by atoms with E-state index in [1.54, 1.807) is 13.3 Å². The molecule has 0 aliphatic carbocycles. The highest BCUT2D eigenvalue weighted by Gasteiger charge is 2.01. The SMILES string of the molecule is C#Cc1ccccc1NC(=S)N/N=C/c1ccccc1OC. The molecule has 0 fully saturated rings. The number of hydrogen-bond acceptors (Lipinski definition) is 3. The summed E-state index contributed by atoms with van der Waals surface area (Å²) < 4.78 is 5.24. The van der Waals surface area contributed by atoms with Gasteiger partial charge in [0, 0.05) is 11.1 Å². The van der Waals surface area contributed by atoms with Gasteiger partial charge in [-0.3, -0.25) is 5.43 Å². The zero-order valence-corrected chi connectivity index (χ0v) is 12.9. The van der Waals surface area contributed by atoms with Crippen molar-refractivity contribution in [3.8, 4) is 18.1 Å². The molecular weight excluding hydrogens is 294 g/mol. The van der Waals surface area contributed by atoms with Crippen LogP contribution in [0.1, 0.15) is 11.1 Å². The van der Waals surface area contributed by atoms with Gasteiger partial charge in [0.2, 0.25) is 0 Å². The molecule has 2 aromatic carbocycles. The van der Waals surface area contributed by atoms with E-state index in [-0.39, 0.29) is 0 Å². The van der Waals surface area contributed by atoms with Gasteiger partial charge in [-0.25, -0.2) is 0 Å². The fourth-order valence-corrected chi connectivity index (χ4v) is 1.96. The fourth-order valence-electron chi connectivity index (χ4n) is 1.80. The first-order chi connectivity index (χ1) is 10.7. The van der Waals surface area contributed by atoms with Crippen LogP contribution in [-0.2, 0) is 0 Å². The Morgan fingerprint density at radius 3 is 2.73 bits per heavy atom. The number of hydrazone groups is 1. The number of hydrogen-bond donors (Lipinski definition) is 2. The maximum absolute atomic E-state index is 5.44. The van der Waals surface area contributed by atoms with Gasteiger partial charge in [0.15, 0.2) is 5.11 Å². The minimum atomic E-state index is 0.355. The lowest BCUT2D eigenvalue weighted by molar-refractivity contribution is 0.414. The Morgan fingerprint density at radius 2 is 1.95 bits per heavy atom. The Kier molecular flexibility index (Phi) is 5.52. The van der Waals surface area contributed by atoms with Gasteiger partial charge in [-0.1, -0.05) is 30.2 Å². The van der Waals surface area contributed by atoms with Crippen LogP contribution in [-0.4, -0.2) is 18.4 Å². The van der Waals surface area contributed by atoms with Crippen molar-refractivity contribution < 1.29 is 4.74 Å². The summed E-state index contributed by atoms with van der Waals surface area (Å²) in [5.41, 5.74) is 5.09. The van der Waals surface area contributed by atoms with Gasteiger partial charge in [-0.15, -0.1) is 6.42 Å².